The smallest absolute Gasteiger partial charge is 0.188 e. The summed E-state index contributed by atoms with van der Waals surface area (Å²) < 4.78 is 0. The van der Waals surface area contributed by atoms with Gasteiger partial charge in [-0.15, -0.1) is 22.7 Å². The van der Waals surface area contributed by atoms with Crippen LogP contribution in [-0.4, -0.2) is 37.0 Å². The molecule has 0 aromatic carbocycles. The lowest BCUT2D eigenvalue weighted by Gasteiger charge is -2.31. The summed E-state index contributed by atoms with van der Waals surface area (Å²) in [5.74, 6) is 1.21. The zero-order valence-corrected chi connectivity index (χ0v) is 15.6. The Morgan fingerprint density at radius 1 is 1.25 bits per heavy atom. The van der Waals surface area contributed by atoms with E-state index in [1.807, 2.05) is 11.3 Å². The number of hydrogen-bond acceptors (Lipinski definition) is 4. The van der Waals surface area contributed by atoms with Crippen molar-refractivity contribution in [3.05, 3.63) is 44.8 Å². The quantitative estimate of drug-likeness (QED) is 0.588. The molecule has 0 aliphatic carbocycles. The van der Waals surface area contributed by atoms with E-state index in [1.165, 1.54) is 29.1 Å². The van der Waals surface area contributed by atoms with Gasteiger partial charge in [-0.05, 0) is 54.6 Å². The molecule has 1 atom stereocenters. The van der Waals surface area contributed by atoms with Crippen LogP contribution in [0.15, 0.2) is 40.0 Å². The molecule has 3 N–H and O–H groups in total. The average molecular weight is 363 g/mol. The van der Waals surface area contributed by atoms with Gasteiger partial charge in [0.05, 0.1) is 0 Å². The van der Waals surface area contributed by atoms with Crippen molar-refractivity contribution >= 4 is 28.6 Å². The van der Waals surface area contributed by atoms with Crippen molar-refractivity contribution in [1.82, 2.24) is 10.2 Å². The Labute approximate surface area is 152 Å². The lowest BCUT2D eigenvalue weighted by atomic mass is 9.98. The van der Waals surface area contributed by atoms with Crippen LogP contribution >= 0.6 is 22.7 Å². The van der Waals surface area contributed by atoms with Crippen molar-refractivity contribution in [2.24, 2.45) is 16.6 Å². The maximum Gasteiger partial charge on any atom is 0.188 e. The Morgan fingerprint density at radius 3 is 2.79 bits per heavy atom. The summed E-state index contributed by atoms with van der Waals surface area (Å²) in [6, 6.07) is 8.60. The van der Waals surface area contributed by atoms with Crippen molar-refractivity contribution in [3.8, 4) is 0 Å². The maximum atomic E-state index is 6.01. The first-order valence-corrected chi connectivity index (χ1v) is 10.4. The number of nitrogens with one attached hydrogen (secondary N) is 1. The molecule has 0 amide bonds. The van der Waals surface area contributed by atoms with Gasteiger partial charge < -0.3 is 11.1 Å². The largest absolute Gasteiger partial charge is 0.370 e. The summed E-state index contributed by atoms with van der Waals surface area (Å²) in [5.41, 5.74) is 6.01. The lowest BCUT2D eigenvalue weighted by Crippen LogP contribution is -2.37. The van der Waals surface area contributed by atoms with Crippen LogP contribution in [0.2, 0.25) is 0 Å². The van der Waals surface area contributed by atoms with E-state index in [-0.39, 0.29) is 0 Å². The van der Waals surface area contributed by atoms with Crippen molar-refractivity contribution < 1.29 is 0 Å². The highest BCUT2D eigenvalue weighted by Gasteiger charge is 2.19. The van der Waals surface area contributed by atoms with E-state index in [1.54, 1.807) is 11.3 Å². The summed E-state index contributed by atoms with van der Waals surface area (Å²) in [6.45, 7) is 5.09. The van der Waals surface area contributed by atoms with Crippen LogP contribution < -0.4 is 11.1 Å². The van der Waals surface area contributed by atoms with Gasteiger partial charge in [-0.1, -0.05) is 12.1 Å². The average Bonchev–Trinajstić information content (AvgIpc) is 3.27. The number of nitrogens with two attached hydrogens (primary N) is 1. The number of aliphatic imine (C=N–C) groups is 1. The normalized spacial score (nSPS) is 19.5. The molecule has 4 nitrogen and oxygen atoms in total. The highest BCUT2D eigenvalue weighted by molar-refractivity contribution is 7.10. The Kier molecular flexibility index (Phi) is 6.69. The second-order valence-electron chi connectivity index (χ2n) is 6.30. The molecule has 0 bridgehead atoms. The fourth-order valence-corrected chi connectivity index (χ4v) is 4.57. The van der Waals surface area contributed by atoms with E-state index in [9.17, 15) is 0 Å². The maximum absolute atomic E-state index is 6.01. The summed E-state index contributed by atoms with van der Waals surface area (Å²) in [6.07, 6.45) is 3.52. The predicted octanol–water partition coefficient (Wildman–Crippen LogP) is 3.17. The summed E-state index contributed by atoms with van der Waals surface area (Å²) in [4.78, 5) is 9.95. The molecule has 0 saturated carbocycles. The van der Waals surface area contributed by atoms with Crippen molar-refractivity contribution in [2.45, 2.75) is 25.8 Å². The molecule has 0 spiro atoms. The lowest BCUT2D eigenvalue weighted by molar-refractivity contribution is 0.172. The highest BCUT2D eigenvalue weighted by atomic mass is 32.1. The van der Waals surface area contributed by atoms with E-state index in [4.69, 9.17) is 5.73 Å². The van der Waals surface area contributed by atoms with Crippen molar-refractivity contribution in [1.29, 1.82) is 0 Å². The standard InChI is InChI=1S/C18H26N4S2/c19-18(20-8-7-16-5-2-10-23-16)21-12-15-4-1-9-22(13-15)14-17-6-3-11-24-17/h2-3,5-6,10-11,15H,1,4,7-9,12-14H2,(H3,19,20,21). The Balaban J connectivity index is 1.38. The molecule has 1 aliphatic heterocycles. The van der Waals surface area contributed by atoms with Crippen molar-refractivity contribution in [2.75, 3.05) is 26.2 Å². The van der Waals surface area contributed by atoms with Gasteiger partial charge in [-0.25, -0.2) is 0 Å². The van der Waals surface area contributed by atoms with E-state index in [2.05, 4.69) is 50.2 Å². The third-order valence-corrected chi connectivity index (χ3v) is 6.14. The number of thiophene rings is 2. The van der Waals surface area contributed by atoms with Gasteiger partial charge in [0.15, 0.2) is 5.96 Å². The number of nitrogens with zero attached hydrogens (tertiary/aromatic N) is 2. The fraction of sp³-hybridized carbons (Fsp3) is 0.500. The molecule has 24 heavy (non-hydrogen) atoms. The zero-order chi connectivity index (χ0) is 16.6. The second-order valence-corrected chi connectivity index (χ2v) is 8.37. The molecule has 2 aromatic heterocycles. The molecule has 130 valence electrons. The molecule has 6 heteroatoms. The van der Waals surface area contributed by atoms with E-state index in [0.717, 1.165) is 32.6 Å². The fourth-order valence-electron chi connectivity index (χ4n) is 3.12. The number of guanidine groups is 1. The minimum absolute atomic E-state index is 0.585. The van der Waals surface area contributed by atoms with Gasteiger partial charge in [0, 0.05) is 35.9 Å². The molecule has 0 radical (unpaired) electrons. The molecule has 1 aliphatic rings. The Bertz CT molecular complexity index is 607. The number of hydrogen-bond donors (Lipinski definition) is 2. The summed E-state index contributed by atoms with van der Waals surface area (Å²) in [7, 11) is 0. The van der Waals surface area contributed by atoms with Gasteiger partial charge in [-0.2, -0.15) is 0 Å². The highest BCUT2D eigenvalue weighted by Crippen LogP contribution is 2.20. The minimum Gasteiger partial charge on any atom is -0.370 e. The van der Waals surface area contributed by atoms with Crippen molar-refractivity contribution in [3.63, 3.8) is 0 Å². The van der Waals surface area contributed by atoms with Crippen LogP contribution in [-0.2, 0) is 13.0 Å². The Morgan fingerprint density at radius 2 is 2.04 bits per heavy atom. The minimum atomic E-state index is 0.585. The molecule has 1 fully saturated rings. The van der Waals surface area contributed by atoms with Gasteiger partial charge >= 0.3 is 0 Å². The van der Waals surface area contributed by atoms with Crippen LogP contribution in [0.3, 0.4) is 0 Å². The van der Waals surface area contributed by atoms with Crippen LogP contribution in [0, 0.1) is 5.92 Å². The van der Waals surface area contributed by atoms with E-state index >= 15 is 0 Å². The van der Waals surface area contributed by atoms with Gasteiger partial charge in [0.25, 0.3) is 0 Å². The van der Waals surface area contributed by atoms with Gasteiger partial charge in [-0.3, -0.25) is 9.89 Å². The SMILES string of the molecule is NC(=NCC1CCCN(Cc2cccs2)C1)NCCc1cccs1. The zero-order valence-electron chi connectivity index (χ0n) is 14.0. The van der Waals surface area contributed by atoms with Crippen LogP contribution in [0.5, 0.6) is 0 Å². The monoisotopic (exact) mass is 362 g/mol. The first kappa shape index (κ1) is 17.5. The topological polar surface area (TPSA) is 53.6 Å². The molecule has 2 aromatic rings. The first-order valence-electron chi connectivity index (χ1n) is 8.60. The van der Waals surface area contributed by atoms with Crippen LogP contribution in [0.4, 0.5) is 0 Å². The summed E-state index contributed by atoms with van der Waals surface area (Å²) in [5, 5.41) is 7.50. The molecular weight excluding hydrogens is 336 g/mol. The predicted molar refractivity (Wildman–Crippen MR) is 105 cm³/mol. The van der Waals surface area contributed by atoms with Gasteiger partial charge in [0.1, 0.15) is 0 Å². The number of rotatable bonds is 7. The van der Waals surface area contributed by atoms with Crippen LogP contribution in [0.25, 0.3) is 0 Å². The Hall–Kier alpha value is -1.37. The number of likely N-dealkylation sites (tertiary alicyclic amines) is 1. The third-order valence-electron chi connectivity index (χ3n) is 4.34. The number of piperidine rings is 1. The molecule has 3 rings (SSSR count). The molecular formula is C18H26N4S2. The molecule has 3 heterocycles. The van der Waals surface area contributed by atoms with Gasteiger partial charge in [0.2, 0.25) is 0 Å². The van der Waals surface area contributed by atoms with Crippen LogP contribution in [0.1, 0.15) is 22.6 Å². The second kappa shape index (κ2) is 9.20. The summed E-state index contributed by atoms with van der Waals surface area (Å²) >= 11 is 3.63. The third kappa shape index (κ3) is 5.61. The molecule has 1 saturated heterocycles. The van der Waals surface area contributed by atoms with E-state index in [0.29, 0.717) is 11.9 Å². The molecule has 1 unspecified atom stereocenters. The first-order chi connectivity index (χ1) is 11.8. The van der Waals surface area contributed by atoms with E-state index < -0.39 is 0 Å².